The summed E-state index contributed by atoms with van der Waals surface area (Å²) in [4.78, 5) is 0. The van der Waals surface area contributed by atoms with E-state index in [1.165, 1.54) is 5.56 Å². The Bertz CT molecular complexity index is 508. The molecule has 0 spiro atoms. The molecule has 2 rings (SSSR count). The Balaban J connectivity index is 1.84. The van der Waals surface area contributed by atoms with Crippen LogP contribution < -0.4 is 15.8 Å². The van der Waals surface area contributed by atoms with Gasteiger partial charge in [-0.25, -0.2) is 0 Å². The fourth-order valence-electron chi connectivity index (χ4n) is 1.92. The van der Waals surface area contributed by atoms with Crippen molar-refractivity contribution in [1.82, 2.24) is 0 Å². The number of nitrogens with two attached hydrogens (primary N) is 1. The third-order valence-corrected chi connectivity index (χ3v) is 2.92. The fourth-order valence-corrected chi connectivity index (χ4v) is 1.92. The van der Waals surface area contributed by atoms with E-state index in [0.717, 1.165) is 30.1 Å². The number of hydrogen-bond donors (Lipinski definition) is 2. The van der Waals surface area contributed by atoms with Crippen LogP contribution in [0.5, 0.6) is 5.75 Å². The van der Waals surface area contributed by atoms with Crippen LogP contribution in [0.15, 0.2) is 48.5 Å². The van der Waals surface area contributed by atoms with Gasteiger partial charge in [-0.15, -0.1) is 0 Å². The van der Waals surface area contributed by atoms with Gasteiger partial charge in [0, 0.05) is 6.54 Å². The average molecular weight is 256 g/mol. The van der Waals surface area contributed by atoms with Crippen LogP contribution in [0.1, 0.15) is 12.5 Å². The predicted molar refractivity (Wildman–Crippen MR) is 80.7 cm³/mol. The first kappa shape index (κ1) is 13.3. The van der Waals surface area contributed by atoms with E-state index in [1.807, 2.05) is 43.3 Å². The smallest absolute Gasteiger partial charge is 0.119 e. The predicted octanol–water partition coefficient (Wildman–Crippen LogP) is 3.32. The second-order valence-corrected chi connectivity index (χ2v) is 4.34. The Hall–Kier alpha value is -2.16. The first-order valence-electron chi connectivity index (χ1n) is 6.59. The molecular formula is C16H20N2O. The van der Waals surface area contributed by atoms with Crippen LogP contribution in [-0.4, -0.2) is 13.2 Å². The highest BCUT2D eigenvalue weighted by atomic mass is 16.5. The Morgan fingerprint density at radius 1 is 1.05 bits per heavy atom. The molecule has 0 saturated heterocycles. The number of ether oxygens (including phenoxy) is 1. The van der Waals surface area contributed by atoms with Crippen molar-refractivity contribution in [3.8, 4) is 5.75 Å². The molecule has 0 saturated carbocycles. The highest BCUT2D eigenvalue weighted by Crippen LogP contribution is 2.17. The molecule has 100 valence electrons. The molecule has 0 amide bonds. The maximum Gasteiger partial charge on any atom is 0.119 e. The molecule has 3 N–H and O–H groups in total. The minimum absolute atomic E-state index is 0.703. The van der Waals surface area contributed by atoms with Crippen molar-refractivity contribution in [3.05, 3.63) is 54.1 Å². The maximum absolute atomic E-state index is 5.87. The van der Waals surface area contributed by atoms with E-state index >= 15 is 0 Å². The van der Waals surface area contributed by atoms with Crippen LogP contribution in [-0.2, 0) is 6.42 Å². The first-order chi connectivity index (χ1) is 9.29. The van der Waals surface area contributed by atoms with Crippen molar-refractivity contribution >= 4 is 11.4 Å². The summed E-state index contributed by atoms with van der Waals surface area (Å²) in [5.41, 5.74) is 8.94. The van der Waals surface area contributed by atoms with E-state index in [2.05, 4.69) is 17.4 Å². The zero-order valence-corrected chi connectivity index (χ0v) is 11.2. The largest absolute Gasteiger partial charge is 0.494 e. The number of nitrogens with one attached hydrogen (secondary N) is 1. The monoisotopic (exact) mass is 256 g/mol. The number of hydrogen-bond acceptors (Lipinski definition) is 3. The van der Waals surface area contributed by atoms with Gasteiger partial charge in [-0.3, -0.25) is 0 Å². The van der Waals surface area contributed by atoms with Gasteiger partial charge in [-0.1, -0.05) is 24.3 Å². The van der Waals surface area contributed by atoms with Crippen molar-refractivity contribution < 1.29 is 4.74 Å². The summed E-state index contributed by atoms with van der Waals surface area (Å²) in [6, 6.07) is 16.0. The van der Waals surface area contributed by atoms with Crippen LogP contribution in [0.4, 0.5) is 11.4 Å². The van der Waals surface area contributed by atoms with Gasteiger partial charge in [0.15, 0.2) is 0 Å². The lowest BCUT2D eigenvalue weighted by Crippen LogP contribution is -2.06. The van der Waals surface area contributed by atoms with Gasteiger partial charge in [-0.2, -0.15) is 0 Å². The lowest BCUT2D eigenvalue weighted by Gasteiger charge is -2.09. The molecule has 0 unspecified atom stereocenters. The molecule has 0 aromatic heterocycles. The van der Waals surface area contributed by atoms with E-state index in [-0.39, 0.29) is 0 Å². The SMILES string of the molecule is CCOc1ccc(CCNc2ccccc2N)cc1. The number of anilines is 2. The number of nitrogen functional groups attached to an aromatic ring is 1. The summed E-state index contributed by atoms with van der Waals surface area (Å²) in [7, 11) is 0. The summed E-state index contributed by atoms with van der Waals surface area (Å²) < 4.78 is 5.42. The molecule has 3 heteroatoms. The van der Waals surface area contributed by atoms with Crippen LogP contribution in [0.3, 0.4) is 0 Å². The standard InChI is InChI=1S/C16H20N2O/c1-2-19-14-9-7-13(8-10-14)11-12-18-16-6-4-3-5-15(16)17/h3-10,18H,2,11-12,17H2,1H3. The normalized spacial score (nSPS) is 10.2. The molecule has 2 aromatic carbocycles. The summed E-state index contributed by atoms with van der Waals surface area (Å²) in [6.45, 7) is 3.55. The molecule has 0 fully saturated rings. The first-order valence-corrected chi connectivity index (χ1v) is 6.59. The van der Waals surface area contributed by atoms with Crippen LogP contribution in [0.2, 0.25) is 0 Å². The molecule has 0 atom stereocenters. The molecule has 3 nitrogen and oxygen atoms in total. The van der Waals surface area contributed by atoms with Gasteiger partial charge < -0.3 is 15.8 Å². The van der Waals surface area contributed by atoms with E-state index < -0.39 is 0 Å². The minimum Gasteiger partial charge on any atom is -0.494 e. The van der Waals surface area contributed by atoms with Gasteiger partial charge >= 0.3 is 0 Å². The quantitative estimate of drug-likeness (QED) is 0.779. The molecular weight excluding hydrogens is 236 g/mol. The highest BCUT2D eigenvalue weighted by Gasteiger charge is 1.98. The number of rotatable bonds is 6. The molecule has 2 aromatic rings. The Labute approximate surface area is 114 Å². The summed E-state index contributed by atoms with van der Waals surface area (Å²) >= 11 is 0. The highest BCUT2D eigenvalue weighted by molar-refractivity contribution is 5.65. The van der Waals surface area contributed by atoms with Crippen LogP contribution >= 0.6 is 0 Å². The fraction of sp³-hybridized carbons (Fsp3) is 0.250. The van der Waals surface area contributed by atoms with Crippen molar-refractivity contribution in [1.29, 1.82) is 0 Å². The van der Waals surface area contributed by atoms with Gasteiger partial charge in [0.25, 0.3) is 0 Å². The lowest BCUT2D eigenvalue weighted by molar-refractivity contribution is 0.340. The second-order valence-electron chi connectivity index (χ2n) is 4.34. The Morgan fingerprint density at radius 2 is 1.79 bits per heavy atom. The third-order valence-electron chi connectivity index (χ3n) is 2.92. The number of para-hydroxylation sites is 2. The van der Waals surface area contributed by atoms with E-state index in [0.29, 0.717) is 6.61 Å². The summed E-state index contributed by atoms with van der Waals surface area (Å²) in [6.07, 6.45) is 0.959. The van der Waals surface area contributed by atoms with Crippen LogP contribution in [0, 0.1) is 0 Å². The maximum atomic E-state index is 5.87. The van der Waals surface area contributed by atoms with E-state index in [1.54, 1.807) is 0 Å². The van der Waals surface area contributed by atoms with Crippen molar-refractivity contribution in [2.75, 3.05) is 24.2 Å². The van der Waals surface area contributed by atoms with E-state index in [9.17, 15) is 0 Å². The molecule has 0 radical (unpaired) electrons. The molecule has 19 heavy (non-hydrogen) atoms. The van der Waals surface area contributed by atoms with E-state index in [4.69, 9.17) is 10.5 Å². The van der Waals surface area contributed by atoms with Gasteiger partial charge in [0.05, 0.1) is 18.0 Å². The van der Waals surface area contributed by atoms with Crippen molar-refractivity contribution in [2.24, 2.45) is 0 Å². The minimum atomic E-state index is 0.703. The summed E-state index contributed by atoms with van der Waals surface area (Å²) in [5.74, 6) is 0.923. The van der Waals surface area contributed by atoms with Crippen molar-refractivity contribution in [3.63, 3.8) is 0 Å². The molecule has 0 bridgehead atoms. The van der Waals surface area contributed by atoms with Gasteiger partial charge in [0.1, 0.15) is 5.75 Å². The lowest BCUT2D eigenvalue weighted by atomic mass is 10.1. The zero-order chi connectivity index (χ0) is 13.5. The van der Waals surface area contributed by atoms with Gasteiger partial charge in [0.2, 0.25) is 0 Å². The third kappa shape index (κ3) is 3.91. The number of benzene rings is 2. The van der Waals surface area contributed by atoms with Crippen LogP contribution in [0.25, 0.3) is 0 Å². The Kier molecular flexibility index (Phi) is 4.67. The molecule has 0 aliphatic heterocycles. The molecule has 0 aliphatic carbocycles. The zero-order valence-electron chi connectivity index (χ0n) is 11.2. The molecule has 0 heterocycles. The average Bonchev–Trinajstić information content (AvgIpc) is 2.43. The Morgan fingerprint density at radius 3 is 2.47 bits per heavy atom. The van der Waals surface area contributed by atoms with Gasteiger partial charge in [-0.05, 0) is 43.2 Å². The second kappa shape index (κ2) is 6.69. The molecule has 0 aliphatic rings. The van der Waals surface area contributed by atoms with Crippen molar-refractivity contribution in [2.45, 2.75) is 13.3 Å². The topological polar surface area (TPSA) is 47.3 Å². The summed E-state index contributed by atoms with van der Waals surface area (Å²) in [5, 5.41) is 3.34.